The average Bonchev–Trinajstić information content (AvgIpc) is 2.46. The van der Waals surface area contributed by atoms with E-state index in [4.69, 9.17) is 4.74 Å². The van der Waals surface area contributed by atoms with Gasteiger partial charge in [-0.3, -0.25) is 0 Å². The number of halogens is 1. The summed E-state index contributed by atoms with van der Waals surface area (Å²) in [6.45, 7) is 2.22. The quantitative estimate of drug-likeness (QED) is 0.924. The van der Waals surface area contributed by atoms with Gasteiger partial charge in [0.25, 0.3) is 0 Å². The van der Waals surface area contributed by atoms with Crippen molar-refractivity contribution in [1.29, 1.82) is 0 Å². The molecule has 1 aromatic rings. The smallest absolute Gasteiger partial charge is 0.124 e. The number of hydrogen-bond acceptors (Lipinski definition) is 3. The second-order valence-corrected chi connectivity index (χ2v) is 6.49. The third-order valence-electron chi connectivity index (χ3n) is 4.89. The van der Waals surface area contributed by atoms with Crippen molar-refractivity contribution >= 4 is 0 Å². The molecule has 3 unspecified atom stereocenters. The van der Waals surface area contributed by atoms with Gasteiger partial charge >= 0.3 is 0 Å². The standard InChI is InChI=1S/C17H26FNO2/c1-12-6-5-9-17(11-12,19(2)3)16(20)14-10-13(18)7-8-15(14)21-4/h7-8,10,12,16,20H,5-6,9,11H2,1-4H3. The molecule has 0 spiro atoms. The van der Waals surface area contributed by atoms with Gasteiger partial charge in [-0.1, -0.05) is 19.8 Å². The Labute approximate surface area is 126 Å². The number of aliphatic hydroxyl groups is 1. The van der Waals surface area contributed by atoms with E-state index in [1.807, 2.05) is 14.1 Å². The molecule has 0 heterocycles. The van der Waals surface area contributed by atoms with Gasteiger partial charge < -0.3 is 14.7 Å². The van der Waals surface area contributed by atoms with Crippen molar-refractivity contribution in [1.82, 2.24) is 4.90 Å². The van der Waals surface area contributed by atoms with E-state index < -0.39 is 6.10 Å². The fraction of sp³-hybridized carbons (Fsp3) is 0.647. The largest absolute Gasteiger partial charge is 0.496 e. The maximum Gasteiger partial charge on any atom is 0.124 e. The molecule has 1 N–H and O–H groups in total. The first kappa shape index (κ1) is 16.2. The first-order valence-electron chi connectivity index (χ1n) is 7.59. The van der Waals surface area contributed by atoms with Crippen LogP contribution in [0.3, 0.4) is 0 Å². The number of likely N-dealkylation sites (N-methyl/N-ethyl adjacent to an activating group) is 1. The van der Waals surface area contributed by atoms with E-state index >= 15 is 0 Å². The highest BCUT2D eigenvalue weighted by molar-refractivity contribution is 5.37. The van der Waals surface area contributed by atoms with Crippen LogP contribution in [0.25, 0.3) is 0 Å². The van der Waals surface area contributed by atoms with Crippen LogP contribution in [-0.2, 0) is 0 Å². The summed E-state index contributed by atoms with van der Waals surface area (Å²) < 4.78 is 19.0. The lowest BCUT2D eigenvalue weighted by Crippen LogP contribution is -2.52. The highest BCUT2D eigenvalue weighted by Gasteiger charge is 2.44. The van der Waals surface area contributed by atoms with Crippen LogP contribution in [0.2, 0.25) is 0 Å². The van der Waals surface area contributed by atoms with Crippen molar-refractivity contribution in [2.24, 2.45) is 5.92 Å². The van der Waals surface area contributed by atoms with Crippen LogP contribution in [0.4, 0.5) is 4.39 Å². The second kappa shape index (κ2) is 6.32. The summed E-state index contributed by atoms with van der Waals surface area (Å²) in [7, 11) is 5.54. The SMILES string of the molecule is COc1ccc(F)cc1C(O)C1(N(C)C)CCCC(C)C1. The Hall–Kier alpha value is -1.13. The topological polar surface area (TPSA) is 32.7 Å². The van der Waals surface area contributed by atoms with Gasteiger partial charge in [0.2, 0.25) is 0 Å². The number of rotatable bonds is 4. The normalized spacial score (nSPS) is 27.7. The van der Waals surface area contributed by atoms with Crippen LogP contribution >= 0.6 is 0 Å². The predicted molar refractivity (Wildman–Crippen MR) is 82.0 cm³/mol. The van der Waals surface area contributed by atoms with Gasteiger partial charge in [-0.2, -0.15) is 0 Å². The molecule has 1 saturated carbocycles. The number of nitrogens with zero attached hydrogens (tertiary/aromatic N) is 1. The molecule has 3 atom stereocenters. The minimum absolute atomic E-state index is 0.345. The highest BCUT2D eigenvalue weighted by atomic mass is 19.1. The van der Waals surface area contributed by atoms with E-state index in [1.54, 1.807) is 13.2 Å². The van der Waals surface area contributed by atoms with E-state index in [0.717, 1.165) is 19.3 Å². The maximum absolute atomic E-state index is 13.6. The second-order valence-electron chi connectivity index (χ2n) is 6.49. The van der Waals surface area contributed by atoms with Crippen molar-refractivity contribution in [3.05, 3.63) is 29.6 Å². The number of ether oxygens (including phenoxy) is 1. The summed E-state index contributed by atoms with van der Waals surface area (Å²) in [6, 6.07) is 4.35. The van der Waals surface area contributed by atoms with Gasteiger partial charge in [0.1, 0.15) is 17.7 Å². The molecule has 0 saturated heterocycles. The number of aliphatic hydroxyl groups excluding tert-OH is 1. The zero-order chi connectivity index (χ0) is 15.6. The van der Waals surface area contributed by atoms with E-state index in [1.165, 1.54) is 18.6 Å². The molecule has 0 aliphatic heterocycles. The molecular formula is C17H26FNO2. The molecule has 0 amide bonds. The third kappa shape index (κ3) is 3.06. The van der Waals surface area contributed by atoms with E-state index in [9.17, 15) is 9.50 Å². The molecule has 0 bridgehead atoms. The molecule has 21 heavy (non-hydrogen) atoms. The zero-order valence-corrected chi connectivity index (χ0v) is 13.4. The Bertz CT molecular complexity index is 492. The number of benzene rings is 1. The van der Waals surface area contributed by atoms with Crippen LogP contribution in [0, 0.1) is 11.7 Å². The fourth-order valence-electron chi connectivity index (χ4n) is 3.67. The Kier molecular flexibility index (Phi) is 4.89. The van der Waals surface area contributed by atoms with Gasteiger partial charge in [-0.05, 0) is 51.1 Å². The maximum atomic E-state index is 13.6. The third-order valence-corrected chi connectivity index (χ3v) is 4.89. The van der Waals surface area contributed by atoms with Crippen molar-refractivity contribution in [2.75, 3.05) is 21.2 Å². The summed E-state index contributed by atoms with van der Waals surface area (Å²) >= 11 is 0. The molecule has 118 valence electrons. The lowest BCUT2D eigenvalue weighted by Gasteiger charge is -2.48. The Morgan fingerprint density at radius 2 is 2.14 bits per heavy atom. The molecule has 0 radical (unpaired) electrons. The fourth-order valence-corrected chi connectivity index (χ4v) is 3.67. The van der Waals surface area contributed by atoms with Gasteiger partial charge in [-0.25, -0.2) is 4.39 Å². The van der Waals surface area contributed by atoms with E-state index in [-0.39, 0.29) is 11.4 Å². The Morgan fingerprint density at radius 3 is 2.71 bits per heavy atom. The van der Waals surface area contributed by atoms with Gasteiger partial charge in [0.15, 0.2) is 0 Å². The summed E-state index contributed by atoms with van der Waals surface area (Å²) in [4.78, 5) is 2.09. The van der Waals surface area contributed by atoms with E-state index in [0.29, 0.717) is 17.2 Å². The van der Waals surface area contributed by atoms with E-state index in [2.05, 4.69) is 11.8 Å². The van der Waals surface area contributed by atoms with Crippen LogP contribution in [-0.4, -0.2) is 36.8 Å². The molecule has 1 aromatic carbocycles. The molecule has 0 aromatic heterocycles. The van der Waals surface area contributed by atoms with Gasteiger partial charge in [0.05, 0.1) is 12.6 Å². The first-order chi connectivity index (χ1) is 9.90. The van der Waals surface area contributed by atoms with Crippen LogP contribution in [0.1, 0.15) is 44.3 Å². The predicted octanol–water partition coefficient (Wildman–Crippen LogP) is 3.38. The number of hydrogen-bond donors (Lipinski definition) is 1. The van der Waals surface area contributed by atoms with Crippen molar-refractivity contribution < 1.29 is 14.2 Å². The molecule has 1 aliphatic rings. The average molecular weight is 295 g/mol. The molecule has 4 heteroatoms. The zero-order valence-electron chi connectivity index (χ0n) is 13.4. The van der Waals surface area contributed by atoms with Crippen LogP contribution < -0.4 is 4.74 Å². The summed E-state index contributed by atoms with van der Waals surface area (Å²) in [5, 5.41) is 11.0. The lowest BCUT2D eigenvalue weighted by atomic mass is 9.70. The Balaban J connectivity index is 2.43. The molecule has 3 nitrogen and oxygen atoms in total. The monoisotopic (exact) mass is 295 g/mol. The molecule has 2 rings (SSSR count). The summed E-state index contributed by atoms with van der Waals surface area (Å²) in [5.41, 5.74) is 0.180. The summed E-state index contributed by atoms with van der Waals surface area (Å²) in [5.74, 6) is 0.751. The molecule has 1 fully saturated rings. The number of methoxy groups -OCH3 is 1. The lowest BCUT2D eigenvalue weighted by molar-refractivity contribution is -0.0460. The van der Waals surface area contributed by atoms with Crippen molar-refractivity contribution in [2.45, 2.75) is 44.2 Å². The molecule has 1 aliphatic carbocycles. The minimum atomic E-state index is -0.763. The minimum Gasteiger partial charge on any atom is -0.496 e. The van der Waals surface area contributed by atoms with Crippen molar-refractivity contribution in [3.63, 3.8) is 0 Å². The highest BCUT2D eigenvalue weighted by Crippen LogP contribution is 2.45. The Morgan fingerprint density at radius 1 is 1.43 bits per heavy atom. The first-order valence-corrected chi connectivity index (χ1v) is 7.59. The summed E-state index contributed by atoms with van der Waals surface area (Å²) in [6.07, 6.45) is 3.31. The van der Waals surface area contributed by atoms with Crippen molar-refractivity contribution in [3.8, 4) is 5.75 Å². The van der Waals surface area contributed by atoms with Crippen LogP contribution in [0.5, 0.6) is 5.75 Å². The van der Waals surface area contributed by atoms with Crippen LogP contribution in [0.15, 0.2) is 18.2 Å². The van der Waals surface area contributed by atoms with Gasteiger partial charge in [-0.15, -0.1) is 0 Å². The molecular weight excluding hydrogens is 269 g/mol. The van der Waals surface area contributed by atoms with Gasteiger partial charge in [0, 0.05) is 5.56 Å².